The van der Waals surface area contributed by atoms with Crippen molar-refractivity contribution < 1.29 is 9.47 Å². The van der Waals surface area contributed by atoms with Crippen molar-refractivity contribution in [3.05, 3.63) is 0 Å². The lowest BCUT2D eigenvalue weighted by molar-refractivity contribution is -0.184. The van der Waals surface area contributed by atoms with Gasteiger partial charge in [0.15, 0.2) is 0 Å². The van der Waals surface area contributed by atoms with Gasteiger partial charge in [-0.1, -0.05) is 13.3 Å². The Bertz CT molecular complexity index is 129. The molecule has 10 heavy (non-hydrogen) atoms. The molecule has 0 bridgehead atoms. The van der Waals surface area contributed by atoms with Crippen molar-refractivity contribution in [3.63, 3.8) is 0 Å². The second-order valence-corrected chi connectivity index (χ2v) is 3.47. The molecule has 0 aromatic carbocycles. The van der Waals surface area contributed by atoms with Crippen LogP contribution in [0.1, 0.15) is 19.8 Å². The Balaban J connectivity index is 1.92. The fraction of sp³-hybridized carbons (Fsp3) is 1.00. The minimum atomic E-state index is 0.167. The van der Waals surface area contributed by atoms with Crippen molar-refractivity contribution in [2.75, 3.05) is 19.8 Å². The van der Waals surface area contributed by atoms with Crippen molar-refractivity contribution in [1.82, 2.24) is 0 Å². The summed E-state index contributed by atoms with van der Waals surface area (Å²) in [5.41, 5.74) is 0.167. The quantitative estimate of drug-likeness (QED) is 0.547. The molecule has 1 unspecified atom stereocenters. The van der Waals surface area contributed by atoms with E-state index in [-0.39, 0.29) is 5.60 Å². The Morgan fingerprint density at radius 3 is 2.60 bits per heavy atom. The molecule has 58 valence electrons. The minimum absolute atomic E-state index is 0.167. The van der Waals surface area contributed by atoms with Crippen molar-refractivity contribution in [2.45, 2.75) is 25.4 Å². The molecule has 1 spiro atoms. The third-order valence-electron chi connectivity index (χ3n) is 2.59. The lowest BCUT2D eigenvalue weighted by Crippen LogP contribution is -2.49. The topological polar surface area (TPSA) is 18.5 Å². The molecule has 0 amide bonds. The predicted molar refractivity (Wildman–Crippen MR) is 37.9 cm³/mol. The molecule has 0 aromatic heterocycles. The first-order valence-corrected chi connectivity index (χ1v) is 4.06. The Hall–Kier alpha value is -0.0800. The minimum Gasteiger partial charge on any atom is -0.375 e. The van der Waals surface area contributed by atoms with Gasteiger partial charge in [-0.25, -0.2) is 0 Å². The fourth-order valence-corrected chi connectivity index (χ4v) is 1.73. The van der Waals surface area contributed by atoms with Crippen molar-refractivity contribution >= 4 is 0 Å². The Morgan fingerprint density at radius 2 is 2.30 bits per heavy atom. The van der Waals surface area contributed by atoms with Gasteiger partial charge < -0.3 is 9.47 Å². The molecule has 2 rings (SSSR count). The van der Waals surface area contributed by atoms with Gasteiger partial charge in [-0.05, 0) is 12.3 Å². The van der Waals surface area contributed by atoms with Gasteiger partial charge in [0.2, 0.25) is 0 Å². The van der Waals surface area contributed by atoms with Gasteiger partial charge in [0.1, 0.15) is 5.60 Å². The van der Waals surface area contributed by atoms with Crippen molar-refractivity contribution in [2.24, 2.45) is 5.92 Å². The van der Waals surface area contributed by atoms with Crippen LogP contribution in [0.25, 0.3) is 0 Å². The Labute approximate surface area is 61.5 Å². The van der Waals surface area contributed by atoms with Crippen LogP contribution in [0, 0.1) is 5.92 Å². The first kappa shape index (κ1) is 6.62. The third-order valence-corrected chi connectivity index (χ3v) is 2.59. The zero-order valence-electron chi connectivity index (χ0n) is 6.43. The standard InChI is InChI=1S/C8H14O2/c1-2-7-3-8(10-4-7)5-9-6-8/h7H,2-6H2,1H3. The largest absolute Gasteiger partial charge is 0.375 e. The van der Waals surface area contributed by atoms with Gasteiger partial charge in [-0.2, -0.15) is 0 Å². The van der Waals surface area contributed by atoms with Crippen LogP contribution in [-0.4, -0.2) is 25.4 Å². The molecule has 2 fully saturated rings. The number of hydrogen-bond donors (Lipinski definition) is 0. The average molecular weight is 142 g/mol. The van der Waals surface area contributed by atoms with Crippen molar-refractivity contribution in [1.29, 1.82) is 0 Å². The normalized spacial score (nSPS) is 36.3. The summed E-state index contributed by atoms with van der Waals surface area (Å²) in [7, 11) is 0. The highest BCUT2D eigenvalue weighted by Gasteiger charge is 2.45. The van der Waals surface area contributed by atoms with Crippen LogP contribution >= 0.6 is 0 Å². The molecule has 2 nitrogen and oxygen atoms in total. The Morgan fingerprint density at radius 1 is 1.50 bits per heavy atom. The molecule has 2 heterocycles. The first-order valence-electron chi connectivity index (χ1n) is 4.06. The third kappa shape index (κ3) is 0.867. The van der Waals surface area contributed by atoms with Gasteiger partial charge in [0.05, 0.1) is 19.8 Å². The molecule has 1 atom stereocenters. The SMILES string of the molecule is CCC1COC2(COC2)C1. The zero-order valence-corrected chi connectivity index (χ0v) is 6.43. The molecule has 2 heteroatoms. The van der Waals surface area contributed by atoms with Gasteiger partial charge in [-0.3, -0.25) is 0 Å². The number of rotatable bonds is 1. The summed E-state index contributed by atoms with van der Waals surface area (Å²) < 4.78 is 10.8. The lowest BCUT2D eigenvalue weighted by Gasteiger charge is -2.36. The summed E-state index contributed by atoms with van der Waals surface area (Å²) in [6.07, 6.45) is 2.48. The van der Waals surface area contributed by atoms with Crippen LogP contribution < -0.4 is 0 Å². The van der Waals surface area contributed by atoms with E-state index in [1.54, 1.807) is 0 Å². The van der Waals surface area contributed by atoms with Gasteiger partial charge >= 0.3 is 0 Å². The van der Waals surface area contributed by atoms with Gasteiger partial charge in [0, 0.05) is 0 Å². The highest BCUT2D eigenvalue weighted by Crippen LogP contribution is 2.36. The summed E-state index contributed by atoms with van der Waals surface area (Å²) in [5, 5.41) is 0. The van der Waals surface area contributed by atoms with Crippen molar-refractivity contribution in [3.8, 4) is 0 Å². The fourth-order valence-electron chi connectivity index (χ4n) is 1.73. The lowest BCUT2D eigenvalue weighted by atomic mass is 9.91. The molecular formula is C8H14O2. The molecule has 2 aliphatic rings. The summed E-state index contributed by atoms with van der Waals surface area (Å²) >= 11 is 0. The summed E-state index contributed by atoms with van der Waals surface area (Å²) in [5.74, 6) is 0.795. The van der Waals surface area contributed by atoms with E-state index < -0.39 is 0 Å². The maximum absolute atomic E-state index is 5.65. The molecule has 0 N–H and O–H groups in total. The second-order valence-electron chi connectivity index (χ2n) is 3.47. The molecule has 2 saturated heterocycles. The molecule has 2 aliphatic heterocycles. The van der Waals surface area contributed by atoms with E-state index in [0.29, 0.717) is 0 Å². The van der Waals surface area contributed by atoms with Crippen LogP contribution in [0.3, 0.4) is 0 Å². The molecule has 0 aromatic rings. The van der Waals surface area contributed by atoms with E-state index in [9.17, 15) is 0 Å². The number of ether oxygens (including phenoxy) is 2. The van der Waals surface area contributed by atoms with E-state index in [2.05, 4.69) is 6.92 Å². The van der Waals surface area contributed by atoms with Gasteiger partial charge in [0.25, 0.3) is 0 Å². The predicted octanol–water partition coefficient (Wildman–Crippen LogP) is 1.20. The van der Waals surface area contributed by atoms with E-state index in [1.807, 2.05) is 0 Å². The van der Waals surface area contributed by atoms with E-state index in [0.717, 1.165) is 25.7 Å². The average Bonchev–Trinajstić information content (AvgIpc) is 2.29. The maximum atomic E-state index is 5.65. The summed E-state index contributed by atoms with van der Waals surface area (Å²) in [6.45, 7) is 4.86. The molecule has 0 saturated carbocycles. The van der Waals surface area contributed by atoms with E-state index in [4.69, 9.17) is 9.47 Å². The van der Waals surface area contributed by atoms with Crippen LogP contribution in [0.15, 0.2) is 0 Å². The molecule has 0 radical (unpaired) electrons. The van der Waals surface area contributed by atoms with Crippen LogP contribution in [0.2, 0.25) is 0 Å². The molecular weight excluding hydrogens is 128 g/mol. The van der Waals surface area contributed by atoms with Crippen LogP contribution in [-0.2, 0) is 9.47 Å². The highest BCUT2D eigenvalue weighted by molar-refractivity contribution is 4.93. The smallest absolute Gasteiger partial charge is 0.115 e. The van der Waals surface area contributed by atoms with Crippen LogP contribution in [0.4, 0.5) is 0 Å². The zero-order chi connectivity index (χ0) is 7.03. The molecule has 0 aliphatic carbocycles. The maximum Gasteiger partial charge on any atom is 0.115 e. The summed E-state index contributed by atoms with van der Waals surface area (Å²) in [6, 6.07) is 0. The van der Waals surface area contributed by atoms with E-state index >= 15 is 0 Å². The first-order chi connectivity index (χ1) is 4.85. The van der Waals surface area contributed by atoms with Crippen LogP contribution in [0.5, 0.6) is 0 Å². The highest BCUT2D eigenvalue weighted by atomic mass is 16.6. The monoisotopic (exact) mass is 142 g/mol. The second kappa shape index (κ2) is 2.21. The Kier molecular flexibility index (Phi) is 1.46. The van der Waals surface area contributed by atoms with E-state index in [1.165, 1.54) is 12.8 Å². The van der Waals surface area contributed by atoms with Gasteiger partial charge in [-0.15, -0.1) is 0 Å². The number of hydrogen-bond acceptors (Lipinski definition) is 2. The summed E-state index contributed by atoms with van der Waals surface area (Å²) in [4.78, 5) is 0.